The summed E-state index contributed by atoms with van der Waals surface area (Å²) in [7, 11) is 1.79. The van der Waals surface area contributed by atoms with Crippen molar-refractivity contribution in [1.29, 1.82) is 0 Å². The average Bonchev–Trinajstić information content (AvgIpc) is 2.71. The Bertz CT molecular complexity index is 641. The highest BCUT2D eigenvalue weighted by atomic mass is 35.5. The van der Waals surface area contributed by atoms with Gasteiger partial charge in [0.15, 0.2) is 0 Å². The first-order valence-corrected chi connectivity index (χ1v) is 7.12. The van der Waals surface area contributed by atoms with Gasteiger partial charge in [0, 0.05) is 18.7 Å². The molecule has 1 aromatic carbocycles. The van der Waals surface area contributed by atoms with E-state index in [2.05, 4.69) is 5.10 Å². The largest absolute Gasteiger partial charge is 0.487 e. The number of halogens is 2. The smallest absolute Gasteiger partial charge is 0.132 e. The number of hydrogen-bond acceptors (Lipinski definition) is 3. The predicted molar refractivity (Wildman–Crippen MR) is 79.0 cm³/mol. The summed E-state index contributed by atoms with van der Waals surface area (Å²) in [4.78, 5) is 0. The van der Waals surface area contributed by atoms with Gasteiger partial charge in [0.2, 0.25) is 0 Å². The van der Waals surface area contributed by atoms with E-state index >= 15 is 0 Å². The summed E-state index contributed by atoms with van der Waals surface area (Å²) in [5.74, 6) is -0.111. The van der Waals surface area contributed by atoms with E-state index in [0.717, 1.165) is 17.8 Å². The highest BCUT2D eigenvalue weighted by molar-refractivity contribution is 6.31. The van der Waals surface area contributed by atoms with Crippen molar-refractivity contribution in [3.8, 4) is 5.75 Å². The maximum absolute atomic E-state index is 13.8. The number of aromatic nitrogens is 2. The van der Waals surface area contributed by atoms with Crippen molar-refractivity contribution in [3.05, 3.63) is 46.0 Å². The first kappa shape index (κ1) is 15.8. The summed E-state index contributed by atoms with van der Waals surface area (Å²) in [5.41, 5.74) is 1.80. The van der Waals surface area contributed by atoms with Gasteiger partial charge in [0.25, 0.3) is 0 Å². The number of aliphatic hydroxyl groups is 1. The highest BCUT2D eigenvalue weighted by Crippen LogP contribution is 2.25. The number of hydrogen-bond donors (Lipinski definition) is 1. The molecule has 0 amide bonds. The molecule has 21 heavy (non-hydrogen) atoms. The van der Waals surface area contributed by atoms with Crippen LogP contribution in [0.5, 0.6) is 5.75 Å². The molecule has 1 aromatic heterocycles. The van der Waals surface area contributed by atoms with E-state index in [1.165, 1.54) is 19.1 Å². The zero-order chi connectivity index (χ0) is 15.6. The van der Waals surface area contributed by atoms with E-state index in [-0.39, 0.29) is 12.2 Å². The molecular weight excluding hydrogens is 295 g/mol. The first-order valence-electron chi connectivity index (χ1n) is 6.74. The number of rotatable bonds is 5. The van der Waals surface area contributed by atoms with Gasteiger partial charge >= 0.3 is 0 Å². The van der Waals surface area contributed by atoms with Crippen LogP contribution < -0.4 is 4.74 Å². The van der Waals surface area contributed by atoms with E-state index in [9.17, 15) is 9.50 Å². The molecule has 1 N–H and O–H groups in total. The van der Waals surface area contributed by atoms with Crippen molar-refractivity contribution in [2.45, 2.75) is 33.0 Å². The summed E-state index contributed by atoms with van der Waals surface area (Å²) in [6.07, 6.45) is -0.109. The second-order valence-electron chi connectivity index (χ2n) is 4.83. The van der Waals surface area contributed by atoms with Crippen LogP contribution in [0.15, 0.2) is 18.2 Å². The molecule has 0 aliphatic rings. The van der Waals surface area contributed by atoms with Gasteiger partial charge < -0.3 is 9.84 Å². The molecule has 0 saturated heterocycles. The van der Waals surface area contributed by atoms with Crippen LogP contribution in [-0.2, 0) is 20.1 Å². The van der Waals surface area contributed by atoms with Gasteiger partial charge in [-0.1, -0.05) is 18.5 Å². The standard InChI is InChI=1S/C15H18ClFN2O2/c1-4-13-15(16)14(19(3)18-13)8-21-10-5-6-11(9(2)20)12(17)7-10/h5-7,9,20H,4,8H2,1-3H3. The molecule has 2 aromatic rings. The van der Waals surface area contributed by atoms with Crippen LogP contribution in [0, 0.1) is 5.82 Å². The van der Waals surface area contributed by atoms with Crippen molar-refractivity contribution < 1.29 is 14.2 Å². The fourth-order valence-corrected chi connectivity index (χ4v) is 2.41. The van der Waals surface area contributed by atoms with Gasteiger partial charge in [0.05, 0.1) is 22.5 Å². The summed E-state index contributed by atoms with van der Waals surface area (Å²) in [6, 6.07) is 4.39. The number of aliphatic hydroxyl groups excluding tert-OH is 1. The predicted octanol–water partition coefficient (Wildman–Crippen LogP) is 3.41. The molecule has 1 unspecified atom stereocenters. The van der Waals surface area contributed by atoms with Crippen LogP contribution in [-0.4, -0.2) is 14.9 Å². The van der Waals surface area contributed by atoms with Crippen LogP contribution in [0.3, 0.4) is 0 Å². The molecule has 1 atom stereocenters. The van der Waals surface area contributed by atoms with Crippen molar-refractivity contribution in [2.75, 3.05) is 0 Å². The molecule has 2 rings (SSSR count). The van der Waals surface area contributed by atoms with E-state index in [4.69, 9.17) is 16.3 Å². The Morgan fingerprint density at radius 1 is 1.48 bits per heavy atom. The topological polar surface area (TPSA) is 47.3 Å². The van der Waals surface area contributed by atoms with Gasteiger partial charge in [-0.05, 0) is 25.5 Å². The van der Waals surface area contributed by atoms with Crippen molar-refractivity contribution in [1.82, 2.24) is 9.78 Å². The number of benzene rings is 1. The van der Waals surface area contributed by atoms with Gasteiger partial charge in [-0.2, -0.15) is 5.10 Å². The molecule has 0 radical (unpaired) electrons. The fraction of sp³-hybridized carbons (Fsp3) is 0.400. The van der Waals surface area contributed by atoms with Crippen LogP contribution >= 0.6 is 11.6 Å². The zero-order valence-corrected chi connectivity index (χ0v) is 13.0. The van der Waals surface area contributed by atoms with E-state index in [1.54, 1.807) is 17.8 Å². The van der Waals surface area contributed by atoms with E-state index in [0.29, 0.717) is 10.8 Å². The number of nitrogens with zero attached hydrogens (tertiary/aromatic N) is 2. The first-order chi connectivity index (χ1) is 9.93. The number of aryl methyl sites for hydroxylation is 2. The van der Waals surface area contributed by atoms with Gasteiger partial charge in [-0.3, -0.25) is 4.68 Å². The second-order valence-corrected chi connectivity index (χ2v) is 5.21. The lowest BCUT2D eigenvalue weighted by molar-refractivity contribution is 0.193. The maximum Gasteiger partial charge on any atom is 0.132 e. The number of ether oxygens (including phenoxy) is 1. The minimum atomic E-state index is -0.849. The normalized spacial score (nSPS) is 12.5. The third kappa shape index (κ3) is 3.36. The molecular formula is C15H18ClFN2O2. The van der Waals surface area contributed by atoms with Crippen LogP contribution in [0.1, 0.15) is 36.9 Å². The molecule has 0 aliphatic heterocycles. The summed E-state index contributed by atoms with van der Waals surface area (Å²) < 4.78 is 21.0. The summed E-state index contributed by atoms with van der Waals surface area (Å²) >= 11 is 6.22. The minimum absolute atomic E-state index is 0.204. The molecule has 6 heteroatoms. The molecule has 0 bridgehead atoms. The lowest BCUT2D eigenvalue weighted by Gasteiger charge is -2.10. The lowest BCUT2D eigenvalue weighted by Crippen LogP contribution is -2.04. The average molecular weight is 313 g/mol. The Balaban J connectivity index is 2.13. The Labute approximate surface area is 128 Å². The van der Waals surface area contributed by atoms with Gasteiger partial charge in [0.1, 0.15) is 18.2 Å². The molecule has 1 heterocycles. The minimum Gasteiger partial charge on any atom is -0.487 e. The van der Waals surface area contributed by atoms with Crippen molar-refractivity contribution >= 4 is 11.6 Å². The van der Waals surface area contributed by atoms with Gasteiger partial charge in [-0.25, -0.2) is 4.39 Å². The second kappa shape index (κ2) is 6.45. The van der Waals surface area contributed by atoms with Crippen LogP contribution in [0.25, 0.3) is 0 Å². The highest BCUT2D eigenvalue weighted by Gasteiger charge is 2.14. The van der Waals surface area contributed by atoms with E-state index in [1.807, 2.05) is 6.92 Å². The molecule has 0 aliphatic carbocycles. The molecule has 0 spiro atoms. The lowest BCUT2D eigenvalue weighted by atomic mass is 10.1. The monoisotopic (exact) mass is 312 g/mol. The van der Waals surface area contributed by atoms with E-state index < -0.39 is 11.9 Å². The molecule has 0 fully saturated rings. The molecule has 4 nitrogen and oxygen atoms in total. The fourth-order valence-electron chi connectivity index (χ4n) is 2.06. The summed E-state index contributed by atoms with van der Waals surface area (Å²) in [5, 5.41) is 14.3. The maximum atomic E-state index is 13.8. The van der Waals surface area contributed by atoms with Gasteiger partial charge in [-0.15, -0.1) is 0 Å². The zero-order valence-electron chi connectivity index (χ0n) is 12.2. The molecule has 114 valence electrons. The summed E-state index contributed by atoms with van der Waals surface area (Å²) in [6.45, 7) is 3.69. The third-order valence-corrected chi connectivity index (χ3v) is 3.74. The van der Waals surface area contributed by atoms with Crippen LogP contribution in [0.4, 0.5) is 4.39 Å². The Morgan fingerprint density at radius 3 is 2.71 bits per heavy atom. The van der Waals surface area contributed by atoms with Crippen LogP contribution in [0.2, 0.25) is 5.02 Å². The third-order valence-electron chi connectivity index (χ3n) is 3.30. The van der Waals surface area contributed by atoms with Crippen molar-refractivity contribution in [3.63, 3.8) is 0 Å². The Kier molecular flexibility index (Phi) is 4.85. The Hall–Kier alpha value is -1.59. The van der Waals surface area contributed by atoms with Crippen molar-refractivity contribution in [2.24, 2.45) is 7.05 Å². The Morgan fingerprint density at radius 2 is 2.19 bits per heavy atom. The SMILES string of the molecule is CCc1nn(C)c(COc2ccc(C(C)O)c(F)c2)c1Cl. The quantitative estimate of drug-likeness (QED) is 0.920. The molecule has 0 saturated carbocycles.